The van der Waals surface area contributed by atoms with Gasteiger partial charge in [0, 0.05) is 30.5 Å². The van der Waals surface area contributed by atoms with Gasteiger partial charge < -0.3 is 0 Å². The Bertz CT molecular complexity index is 627. The number of rotatable bonds is 4. The Morgan fingerprint density at radius 2 is 2.14 bits per heavy atom. The van der Waals surface area contributed by atoms with Gasteiger partial charge in [0.15, 0.2) is 10.6 Å². The number of nitrogens with one attached hydrogen (secondary N) is 1. The number of hydrogen-bond acceptors (Lipinski definition) is 4. The van der Waals surface area contributed by atoms with Gasteiger partial charge in [-0.2, -0.15) is 5.10 Å². The molecule has 1 atom stereocenters. The van der Waals surface area contributed by atoms with E-state index in [0.29, 0.717) is 10.8 Å². The minimum absolute atomic E-state index is 0.463. The number of aromatic amines is 1. The second-order valence-corrected chi connectivity index (χ2v) is 6.04. The maximum atomic E-state index is 5.40. The van der Waals surface area contributed by atoms with Crippen LogP contribution in [0.2, 0.25) is 0 Å². The van der Waals surface area contributed by atoms with Crippen LogP contribution in [-0.4, -0.2) is 43.8 Å². The summed E-state index contributed by atoms with van der Waals surface area (Å²) in [7, 11) is 0. The SMILES string of the molecule is CC(Cn1c(-c2cccnc2)n[nH]c1=S)N1CCCCC1. The number of pyridine rings is 1. The van der Waals surface area contributed by atoms with E-state index < -0.39 is 0 Å². The average molecular weight is 303 g/mol. The Morgan fingerprint density at radius 3 is 2.86 bits per heavy atom. The molecule has 1 fully saturated rings. The number of nitrogens with zero attached hydrogens (tertiary/aromatic N) is 4. The van der Waals surface area contributed by atoms with Crippen LogP contribution in [0.1, 0.15) is 26.2 Å². The van der Waals surface area contributed by atoms with Crippen molar-refractivity contribution in [3.05, 3.63) is 29.3 Å². The summed E-state index contributed by atoms with van der Waals surface area (Å²) in [6, 6.07) is 4.40. The zero-order chi connectivity index (χ0) is 14.7. The molecule has 21 heavy (non-hydrogen) atoms. The van der Waals surface area contributed by atoms with Crippen LogP contribution in [0.25, 0.3) is 11.4 Å². The van der Waals surface area contributed by atoms with E-state index in [9.17, 15) is 0 Å². The molecule has 5 nitrogen and oxygen atoms in total. The Balaban J connectivity index is 1.82. The van der Waals surface area contributed by atoms with Crippen LogP contribution in [0.15, 0.2) is 24.5 Å². The molecule has 6 heteroatoms. The first kappa shape index (κ1) is 14.4. The number of H-pyrrole nitrogens is 1. The van der Waals surface area contributed by atoms with Crippen molar-refractivity contribution in [2.24, 2.45) is 0 Å². The highest BCUT2D eigenvalue weighted by Gasteiger charge is 2.19. The highest BCUT2D eigenvalue weighted by molar-refractivity contribution is 7.71. The van der Waals surface area contributed by atoms with Gasteiger partial charge in [-0.25, -0.2) is 0 Å². The quantitative estimate of drug-likeness (QED) is 0.882. The lowest BCUT2D eigenvalue weighted by Crippen LogP contribution is -2.39. The smallest absolute Gasteiger partial charge is 0.195 e. The van der Waals surface area contributed by atoms with Crippen LogP contribution in [-0.2, 0) is 6.54 Å². The van der Waals surface area contributed by atoms with Gasteiger partial charge in [-0.05, 0) is 57.2 Å². The summed E-state index contributed by atoms with van der Waals surface area (Å²) in [5.74, 6) is 0.872. The number of hydrogen-bond donors (Lipinski definition) is 1. The fourth-order valence-electron chi connectivity index (χ4n) is 2.94. The number of likely N-dealkylation sites (tertiary alicyclic amines) is 1. The van der Waals surface area contributed by atoms with E-state index in [1.165, 1.54) is 32.4 Å². The molecule has 2 aromatic rings. The van der Waals surface area contributed by atoms with Gasteiger partial charge in [-0.1, -0.05) is 6.42 Å². The van der Waals surface area contributed by atoms with Gasteiger partial charge in [0.1, 0.15) is 0 Å². The van der Waals surface area contributed by atoms with Gasteiger partial charge in [0.2, 0.25) is 0 Å². The van der Waals surface area contributed by atoms with Crippen molar-refractivity contribution in [3.63, 3.8) is 0 Å². The Hall–Kier alpha value is -1.53. The van der Waals surface area contributed by atoms with Crippen LogP contribution in [0.4, 0.5) is 0 Å². The van der Waals surface area contributed by atoms with Crippen LogP contribution in [0, 0.1) is 4.77 Å². The largest absolute Gasteiger partial charge is 0.299 e. The Kier molecular flexibility index (Phi) is 4.45. The van der Waals surface area contributed by atoms with Crippen molar-refractivity contribution >= 4 is 12.2 Å². The molecule has 0 aliphatic carbocycles. The van der Waals surface area contributed by atoms with E-state index in [1.54, 1.807) is 6.20 Å². The summed E-state index contributed by atoms with van der Waals surface area (Å²) in [5, 5.41) is 7.28. The second-order valence-electron chi connectivity index (χ2n) is 5.65. The Morgan fingerprint density at radius 1 is 1.33 bits per heavy atom. The molecule has 0 saturated carbocycles. The molecule has 2 aromatic heterocycles. The number of piperidine rings is 1. The van der Waals surface area contributed by atoms with Gasteiger partial charge in [0.05, 0.1) is 0 Å². The first-order valence-corrected chi connectivity index (χ1v) is 7.96. The summed E-state index contributed by atoms with van der Waals surface area (Å²) in [5.41, 5.74) is 0.996. The van der Waals surface area contributed by atoms with Crippen molar-refractivity contribution in [3.8, 4) is 11.4 Å². The van der Waals surface area contributed by atoms with Gasteiger partial charge in [0.25, 0.3) is 0 Å². The second kappa shape index (κ2) is 6.49. The molecular weight excluding hydrogens is 282 g/mol. The molecule has 1 aliphatic heterocycles. The molecule has 0 spiro atoms. The third-order valence-corrected chi connectivity index (χ3v) is 4.45. The summed E-state index contributed by atoms with van der Waals surface area (Å²) < 4.78 is 2.77. The molecule has 3 rings (SSSR count). The molecule has 0 aromatic carbocycles. The van der Waals surface area contributed by atoms with Gasteiger partial charge in [-0.3, -0.25) is 19.5 Å². The van der Waals surface area contributed by atoms with Crippen LogP contribution >= 0.6 is 12.2 Å². The lowest BCUT2D eigenvalue weighted by atomic mass is 10.1. The molecule has 112 valence electrons. The van der Waals surface area contributed by atoms with Crippen molar-refractivity contribution < 1.29 is 0 Å². The van der Waals surface area contributed by atoms with E-state index in [0.717, 1.165) is 17.9 Å². The summed E-state index contributed by atoms with van der Waals surface area (Å²) in [4.78, 5) is 6.72. The minimum Gasteiger partial charge on any atom is -0.299 e. The summed E-state index contributed by atoms with van der Waals surface area (Å²) in [6.45, 7) is 5.51. The predicted molar refractivity (Wildman–Crippen MR) is 85.5 cm³/mol. The predicted octanol–water partition coefficient (Wildman–Crippen LogP) is 2.88. The summed E-state index contributed by atoms with van der Waals surface area (Å²) in [6.07, 6.45) is 7.56. The molecule has 1 aliphatic rings. The molecule has 0 amide bonds. The fraction of sp³-hybridized carbons (Fsp3) is 0.533. The topological polar surface area (TPSA) is 49.7 Å². The lowest BCUT2D eigenvalue weighted by Gasteiger charge is -2.32. The van der Waals surface area contributed by atoms with Crippen molar-refractivity contribution in [2.75, 3.05) is 13.1 Å². The zero-order valence-corrected chi connectivity index (χ0v) is 13.1. The zero-order valence-electron chi connectivity index (χ0n) is 12.3. The maximum Gasteiger partial charge on any atom is 0.195 e. The highest BCUT2D eigenvalue weighted by atomic mass is 32.1. The first-order valence-electron chi connectivity index (χ1n) is 7.55. The molecule has 0 bridgehead atoms. The molecule has 1 unspecified atom stereocenters. The monoisotopic (exact) mass is 303 g/mol. The third kappa shape index (κ3) is 3.22. The van der Waals surface area contributed by atoms with Crippen molar-refractivity contribution in [2.45, 2.75) is 38.8 Å². The normalized spacial score (nSPS) is 17.8. The van der Waals surface area contributed by atoms with Crippen LogP contribution in [0.5, 0.6) is 0 Å². The first-order chi connectivity index (χ1) is 10.3. The van der Waals surface area contributed by atoms with Gasteiger partial charge >= 0.3 is 0 Å². The van der Waals surface area contributed by atoms with E-state index in [1.807, 2.05) is 18.3 Å². The van der Waals surface area contributed by atoms with Crippen molar-refractivity contribution in [1.82, 2.24) is 24.6 Å². The molecule has 1 saturated heterocycles. The standard InChI is InChI=1S/C15H21N5S/c1-12(19-8-3-2-4-9-19)11-20-14(17-18-15(20)21)13-6-5-7-16-10-13/h5-7,10,12H,2-4,8-9,11H2,1H3,(H,18,21). The van der Waals surface area contributed by atoms with Crippen LogP contribution < -0.4 is 0 Å². The maximum absolute atomic E-state index is 5.40. The van der Waals surface area contributed by atoms with E-state index in [-0.39, 0.29) is 0 Å². The van der Waals surface area contributed by atoms with Gasteiger partial charge in [-0.15, -0.1) is 0 Å². The molecular formula is C15H21N5S. The van der Waals surface area contributed by atoms with E-state index >= 15 is 0 Å². The highest BCUT2D eigenvalue weighted by Crippen LogP contribution is 2.18. The third-order valence-electron chi connectivity index (χ3n) is 4.14. The van der Waals surface area contributed by atoms with Crippen LogP contribution in [0.3, 0.4) is 0 Å². The number of aromatic nitrogens is 4. The molecule has 3 heterocycles. The van der Waals surface area contributed by atoms with E-state index in [2.05, 4.69) is 31.6 Å². The Labute approximate surface area is 130 Å². The summed E-state index contributed by atoms with van der Waals surface area (Å²) >= 11 is 5.40. The van der Waals surface area contributed by atoms with E-state index in [4.69, 9.17) is 12.2 Å². The molecule has 1 N–H and O–H groups in total. The van der Waals surface area contributed by atoms with Crippen molar-refractivity contribution in [1.29, 1.82) is 0 Å². The average Bonchev–Trinajstić information content (AvgIpc) is 2.90. The fourth-order valence-corrected chi connectivity index (χ4v) is 3.15. The lowest BCUT2D eigenvalue weighted by molar-refractivity contribution is 0.159. The molecule has 0 radical (unpaired) electrons. The minimum atomic E-state index is 0.463.